The standard InChI is InChI=1S/C21H21F6NO4/c1-13-5-3-6-14(9-13)19(11-18(30)31-2,28-12-17(29)20(22,23)24)15-7-4-8-16(10-15)32-21(25,26)27/h3-10,17,28-29H,11-12H2,1-2H3/t17-,19?/m1/s1. The second-order valence-electron chi connectivity index (χ2n) is 7.04. The van der Waals surface area contributed by atoms with E-state index in [2.05, 4.69) is 14.8 Å². The lowest BCUT2D eigenvalue weighted by molar-refractivity contribution is -0.274. The summed E-state index contributed by atoms with van der Waals surface area (Å²) >= 11 is 0. The Bertz CT molecular complexity index is 931. The quantitative estimate of drug-likeness (QED) is 0.452. The van der Waals surface area contributed by atoms with Gasteiger partial charge in [0.15, 0.2) is 6.10 Å². The third-order valence-electron chi connectivity index (χ3n) is 4.68. The molecule has 2 aromatic rings. The van der Waals surface area contributed by atoms with Crippen LogP contribution in [0.15, 0.2) is 48.5 Å². The van der Waals surface area contributed by atoms with Gasteiger partial charge in [-0.1, -0.05) is 42.0 Å². The van der Waals surface area contributed by atoms with Crippen molar-refractivity contribution in [3.05, 3.63) is 65.2 Å². The maximum Gasteiger partial charge on any atom is 0.573 e. The number of esters is 1. The van der Waals surface area contributed by atoms with Gasteiger partial charge < -0.3 is 19.9 Å². The SMILES string of the molecule is COC(=O)CC(NC[C@@H](O)C(F)(F)F)(c1cccc(C)c1)c1cccc(OC(F)(F)F)c1. The first-order valence-corrected chi connectivity index (χ1v) is 9.27. The van der Waals surface area contributed by atoms with Crippen LogP contribution in [0.2, 0.25) is 0 Å². The van der Waals surface area contributed by atoms with Crippen molar-refractivity contribution in [3.8, 4) is 5.75 Å². The van der Waals surface area contributed by atoms with Crippen LogP contribution in [0.4, 0.5) is 26.3 Å². The first kappa shape index (κ1) is 25.5. The highest BCUT2D eigenvalue weighted by atomic mass is 19.4. The molecule has 0 spiro atoms. The smallest absolute Gasteiger partial charge is 0.469 e. The summed E-state index contributed by atoms with van der Waals surface area (Å²) in [4.78, 5) is 12.3. The van der Waals surface area contributed by atoms with Crippen LogP contribution in [0, 0.1) is 6.92 Å². The van der Waals surface area contributed by atoms with E-state index in [9.17, 15) is 36.2 Å². The van der Waals surface area contributed by atoms with Crippen molar-refractivity contribution < 1.29 is 45.7 Å². The molecular weight excluding hydrogens is 444 g/mol. The number of methoxy groups -OCH3 is 1. The number of aliphatic hydroxyl groups excluding tert-OH is 1. The van der Waals surface area contributed by atoms with Crippen LogP contribution in [0.5, 0.6) is 5.75 Å². The van der Waals surface area contributed by atoms with E-state index in [1.807, 2.05) is 0 Å². The second-order valence-corrected chi connectivity index (χ2v) is 7.04. The molecule has 0 bridgehead atoms. The van der Waals surface area contributed by atoms with Crippen LogP contribution in [0.3, 0.4) is 0 Å². The highest BCUT2D eigenvalue weighted by Crippen LogP contribution is 2.37. The van der Waals surface area contributed by atoms with E-state index >= 15 is 0 Å². The lowest BCUT2D eigenvalue weighted by atomic mass is 9.79. The van der Waals surface area contributed by atoms with E-state index in [-0.39, 0.29) is 11.1 Å². The summed E-state index contributed by atoms with van der Waals surface area (Å²) in [5.74, 6) is -1.47. The van der Waals surface area contributed by atoms with Crippen molar-refractivity contribution in [3.63, 3.8) is 0 Å². The summed E-state index contributed by atoms with van der Waals surface area (Å²) in [6, 6.07) is 10.9. The van der Waals surface area contributed by atoms with Crippen LogP contribution in [-0.4, -0.2) is 43.4 Å². The van der Waals surface area contributed by atoms with Gasteiger partial charge in [-0.05, 0) is 30.2 Å². The van der Waals surface area contributed by atoms with Crippen LogP contribution in [-0.2, 0) is 15.1 Å². The number of rotatable bonds is 8. The van der Waals surface area contributed by atoms with Gasteiger partial charge in [0.05, 0.1) is 19.1 Å². The molecule has 0 aliphatic heterocycles. The van der Waals surface area contributed by atoms with Crippen molar-refractivity contribution in [2.24, 2.45) is 0 Å². The summed E-state index contributed by atoms with van der Waals surface area (Å²) in [5.41, 5.74) is -0.806. The molecule has 0 aromatic heterocycles. The van der Waals surface area contributed by atoms with E-state index in [1.165, 1.54) is 18.2 Å². The van der Waals surface area contributed by atoms with Crippen molar-refractivity contribution in [1.29, 1.82) is 0 Å². The van der Waals surface area contributed by atoms with E-state index in [4.69, 9.17) is 0 Å². The number of aryl methyl sites for hydroxylation is 1. The number of hydrogen-bond acceptors (Lipinski definition) is 5. The zero-order valence-corrected chi connectivity index (χ0v) is 17.1. The fourth-order valence-electron chi connectivity index (χ4n) is 3.18. The number of aliphatic hydroxyl groups is 1. The predicted molar refractivity (Wildman–Crippen MR) is 102 cm³/mol. The van der Waals surface area contributed by atoms with Gasteiger partial charge in [0.2, 0.25) is 0 Å². The van der Waals surface area contributed by atoms with Gasteiger partial charge in [0.1, 0.15) is 5.75 Å². The number of carbonyl (C=O) groups excluding carboxylic acids is 1. The molecule has 0 amide bonds. The average Bonchev–Trinajstić information content (AvgIpc) is 2.68. The number of carbonyl (C=O) groups is 1. The molecule has 2 rings (SSSR count). The molecule has 0 fully saturated rings. The van der Waals surface area contributed by atoms with Crippen LogP contribution >= 0.6 is 0 Å². The number of nitrogens with one attached hydrogen (secondary N) is 1. The molecule has 2 aromatic carbocycles. The average molecular weight is 465 g/mol. The normalized spacial score (nSPS) is 15.0. The monoisotopic (exact) mass is 465 g/mol. The lowest BCUT2D eigenvalue weighted by Gasteiger charge is -2.37. The molecule has 0 radical (unpaired) electrons. The van der Waals surface area contributed by atoms with Crippen molar-refractivity contribution in [2.45, 2.75) is 37.5 Å². The molecule has 0 saturated heterocycles. The largest absolute Gasteiger partial charge is 0.573 e. The minimum Gasteiger partial charge on any atom is -0.469 e. The molecule has 11 heteroatoms. The van der Waals surface area contributed by atoms with Gasteiger partial charge in [-0.15, -0.1) is 13.2 Å². The zero-order valence-electron chi connectivity index (χ0n) is 17.1. The minimum absolute atomic E-state index is 0.00428. The summed E-state index contributed by atoms with van der Waals surface area (Å²) < 4.78 is 85.6. The maximum atomic E-state index is 12.9. The maximum absolute atomic E-state index is 12.9. The Morgan fingerprint density at radius 2 is 1.62 bits per heavy atom. The molecule has 2 atom stereocenters. The summed E-state index contributed by atoms with van der Waals surface area (Å²) in [6.45, 7) is 0.652. The van der Waals surface area contributed by atoms with Gasteiger partial charge in [-0.2, -0.15) is 13.2 Å². The number of halogens is 6. The Morgan fingerprint density at radius 1 is 1.03 bits per heavy atom. The third kappa shape index (κ3) is 6.60. The lowest BCUT2D eigenvalue weighted by Crippen LogP contribution is -2.50. The molecule has 2 N–H and O–H groups in total. The molecule has 0 saturated carbocycles. The van der Waals surface area contributed by atoms with Crippen LogP contribution < -0.4 is 10.1 Å². The fourth-order valence-corrected chi connectivity index (χ4v) is 3.18. The van der Waals surface area contributed by atoms with E-state index in [0.29, 0.717) is 5.56 Å². The number of benzene rings is 2. The molecule has 176 valence electrons. The number of hydrogen-bond donors (Lipinski definition) is 2. The van der Waals surface area contributed by atoms with E-state index < -0.39 is 48.9 Å². The summed E-state index contributed by atoms with van der Waals surface area (Å²) in [6.07, 6.45) is -13.3. The first-order chi connectivity index (χ1) is 14.8. The molecule has 0 aliphatic carbocycles. The van der Waals surface area contributed by atoms with Crippen molar-refractivity contribution in [1.82, 2.24) is 5.32 Å². The Labute approximate surface area is 179 Å². The Morgan fingerprint density at radius 3 is 2.16 bits per heavy atom. The Balaban J connectivity index is 2.67. The van der Waals surface area contributed by atoms with Crippen LogP contribution in [0.1, 0.15) is 23.1 Å². The number of ether oxygens (including phenoxy) is 2. The zero-order chi connectivity index (χ0) is 24.2. The van der Waals surface area contributed by atoms with Gasteiger partial charge in [0.25, 0.3) is 0 Å². The van der Waals surface area contributed by atoms with Gasteiger partial charge in [0, 0.05) is 6.54 Å². The molecule has 1 unspecified atom stereocenters. The highest BCUT2D eigenvalue weighted by molar-refractivity contribution is 5.72. The number of alkyl halides is 6. The fraction of sp³-hybridized carbons (Fsp3) is 0.381. The van der Waals surface area contributed by atoms with Gasteiger partial charge >= 0.3 is 18.5 Å². The molecule has 0 heterocycles. The minimum atomic E-state index is -5.01. The summed E-state index contributed by atoms with van der Waals surface area (Å²) in [7, 11) is 1.07. The van der Waals surface area contributed by atoms with E-state index in [1.54, 1.807) is 25.1 Å². The van der Waals surface area contributed by atoms with Crippen molar-refractivity contribution >= 4 is 5.97 Å². The Hall–Kier alpha value is -2.79. The molecular formula is C21H21F6NO4. The summed E-state index contributed by atoms with van der Waals surface area (Å²) in [5, 5.41) is 12.1. The molecule has 0 aliphatic rings. The van der Waals surface area contributed by atoms with E-state index in [0.717, 1.165) is 19.2 Å². The van der Waals surface area contributed by atoms with Crippen molar-refractivity contribution in [2.75, 3.05) is 13.7 Å². The predicted octanol–water partition coefficient (Wildman–Crippen LogP) is 4.21. The Kier molecular flexibility index (Phi) is 7.79. The van der Waals surface area contributed by atoms with Gasteiger partial charge in [-0.25, -0.2) is 0 Å². The van der Waals surface area contributed by atoms with Crippen LogP contribution in [0.25, 0.3) is 0 Å². The first-order valence-electron chi connectivity index (χ1n) is 9.27. The molecule has 32 heavy (non-hydrogen) atoms. The topological polar surface area (TPSA) is 67.8 Å². The third-order valence-corrected chi connectivity index (χ3v) is 4.68. The highest BCUT2D eigenvalue weighted by Gasteiger charge is 2.43. The molecule has 5 nitrogen and oxygen atoms in total. The second kappa shape index (κ2) is 9.78. The van der Waals surface area contributed by atoms with Gasteiger partial charge in [-0.3, -0.25) is 4.79 Å².